The van der Waals surface area contributed by atoms with E-state index in [9.17, 15) is 4.79 Å². The number of nitrogens with zero attached hydrogens (tertiary/aromatic N) is 2. The predicted molar refractivity (Wildman–Crippen MR) is 74.9 cm³/mol. The highest BCUT2D eigenvalue weighted by Crippen LogP contribution is 2.26. The third-order valence-electron chi connectivity index (χ3n) is 3.26. The summed E-state index contributed by atoms with van der Waals surface area (Å²) in [6, 6.07) is 13.6. The molecule has 0 saturated carbocycles. The lowest BCUT2D eigenvalue weighted by Gasteiger charge is -2.28. The third-order valence-corrected chi connectivity index (χ3v) is 3.26. The van der Waals surface area contributed by atoms with Crippen molar-refractivity contribution >= 4 is 11.6 Å². The van der Waals surface area contributed by atoms with Crippen molar-refractivity contribution in [2.75, 3.05) is 11.4 Å². The summed E-state index contributed by atoms with van der Waals surface area (Å²) in [7, 11) is 0. The van der Waals surface area contributed by atoms with E-state index in [0.717, 1.165) is 11.3 Å². The number of carbonyl (C=O) groups is 1. The highest BCUT2D eigenvalue weighted by atomic mass is 16.2. The van der Waals surface area contributed by atoms with Crippen molar-refractivity contribution in [3.8, 4) is 0 Å². The van der Waals surface area contributed by atoms with Gasteiger partial charge in [-0.3, -0.25) is 9.78 Å². The maximum absolute atomic E-state index is 12.6. The summed E-state index contributed by atoms with van der Waals surface area (Å²) < 4.78 is 0. The predicted octanol–water partition coefficient (Wildman–Crippen LogP) is 2.77. The van der Waals surface area contributed by atoms with Gasteiger partial charge in [0.1, 0.15) is 0 Å². The van der Waals surface area contributed by atoms with Crippen molar-refractivity contribution in [3.05, 3.63) is 72.6 Å². The van der Waals surface area contributed by atoms with Gasteiger partial charge in [0.25, 0.3) is 0 Å². The van der Waals surface area contributed by atoms with Crippen LogP contribution >= 0.6 is 0 Å². The maximum Gasteiger partial charge on any atom is 0.238 e. The van der Waals surface area contributed by atoms with Gasteiger partial charge in [-0.1, -0.05) is 42.5 Å². The van der Waals surface area contributed by atoms with Crippen molar-refractivity contribution in [3.63, 3.8) is 0 Å². The molecule has 1 atom stereocenters. The van der Waals surface area contributed by atoms with Crippen molar-refractivity contribution in [1.82, 2.24) is 4.98 Å². The van der Waals surface area contributed by atoms with Gasteiger partial charge in [-0.25, -0.2) is 0 Å². The Morgan fingerprint density at radius 2 is 1.95 bits per heavy atom. The van der Waals surface area contributed by atoms with E-state index in [1.807, 2.05) is 54.6 Å². The van der Waals surface area contributed by atoms with Crippen LogP contribution in [0.5, 0.6) is 0 Å². The minimum atomic E-state index is -0.199. The van der Waals surface area contributed by atoms with Crippen LogP contribution in [0.1, 0.15) is 11.5 Å². The molecular formula is C16H14N2O. The Bertz CT molecular complexity index is 593. The number of hydrogen-bond acceptors (Lipinski definition) is 2. The van der Waals surface area contributed by atoms with Crippen LogP contribution in [0.15, 0.2) is 67.0 Å². The molecule has 3 heteroatoms. The SMILES string of the molecule is O=C1C(c2ccccc2)C=CCN1c1cccnc1. The van der Waals surface area contributed by atoms with Gasteiger partial charge in [0.2, 0.25) is 5.91 Å². The first-order chi connectivity index (χ1) is 9.36. The van der Waals surface area contributed by atoms with E-state index in [0.29, 0.717) is 6.54 Å². The molecule has 2 heterocycles. The number of amides is 1. The zero-order valence-electron chi connectivity index (χ0n) is 10.4. The Balaban J connectivity index is 1.92. The molecule has 1 aromatic carbocycles. The van der Waals surface area contributed by atoms with E-state index in [2.05, 4.69) is 4.98 Å². The lowest BCUT2D eigenvalue weighted by molar-refractivity contribution is -0.119. The van der Waals surface area contributed by atoms with Crippen molar-refractivity contribution in [1.29, 1.82) is 0 Å². The van der Waals surface area contributed by atoms with Crippen molar-refractivity contribution in [2.24, 2.45) is 0 Å². The summed E-state index contributed by atoms with van der Waals surface area (Å²) in [4.78, 5) is 18.4. The Hall–Kier alpha value is -2.42. The van der Waals surface area contributed by atoms with Crippen LogP contribution in [0, 0.1) is 0 Å². The fraction of sp³-hybridized carbons (Fsp3) is 0.125. The van der Waals surface area contributed by atoms with E-state index in [4.69, 9.17) is 0 Å². The summed E-state index contributed by atoms with van der Waals surface area (Å²) in [5.74, 6) is -0.100. The summed E-state index contributed by atoms with van der Waals surface area (Å²) in [5.41, 5.74) is 1.87. The van der Waals surface area contributed by atoms with Crippen molar-refractivity contribution in [2.45, 2.75) is 5.92 Å². The number of hydrogen-bond donors (Lipinski definition) is 0. The molecular weight excluding hydrogens is 236 g/mol. The quantitative estimate of drug-likeness (QED) is 0.768. The molecule has 94 valence electrons. The van der Waals surface area contributed by atoms with Gasteiger partial charge in [0, 0.05) is 12.7 Å². The molecule has 19 heavy (non-hydrogen) atoms. The topological polar surface area (TPSA) is 33.2 Å². The highest BCUT2D eigenvalue weighted by molar-refractivity contribution is 6.00. The Morgan fingerprint density at radius 1 is 1.11 bits per heavy atom. The average molecular weight is 250 g/mol. The Labute approximate surface area is 112 Å². The fourth-order valence-electron chi connectivity index (χ4n) is 2.30. The largest absolute Gasteiger partial charge is 0.306 e. The molecule has 1 amide bonds. The normalized spacial score (nSPS) is 18.6. The van der Waals surface area contributed by atoms with Crippen LogP contribution in [0.2, 0.25) is 0 Å². The minimum absolute atomic E-state index is 0.0988. The molecule has 0 N–H and O–H groups in total. The molecule has 1 unspecified atom stereocenters. The monoisotopic (exact) mass is 250 g/mol. The number of carbonyl (C=O) groups excluding carboxylic acids is 1. The summed E-state index contributed by atoms with van der Waals surface area (Å²) >= 11 is 0. The fourth-order valence-corrected chi connectivity index (χ4v) is 2.30. The van der Waals surface area contributed by atoms with Crippen LogP contribution in [0.3, 0.4) is 0 Å². The van der Waals surface area contributed by atoms with Crippen LogP contribution in [-0.4, -0.2) is 17.4 Å². The molecule has 0 radical (unpaired) electrons. The summed E-state index contributed by atoms with van der Waals surface area (Å²) in [5, 5.41) is 0. The lowest BCUT2D eigenvalue weighted by atomic mass is 9.94. The molecule has 1 aromatic heterocycles. The Morgan fingerprint density at radius 3 is 2.68 bits per heavy atom. The van der Waals surface area contributed by atoms with Crippen LogP contribution in [0.25, 0.3) is 0 Å². The maximum atomic E-state index is 12.6. The number of rotatable bonds is 2. The standard InChI is InChI=1S/C16H14N2O/c19-16-15(13-6-2-1-3-7-13)9-5-11-18(16)14-8-4-10-17-12-14/h1-10,12,15H,11H2. The first kappa shape index (κ1) is 11.7. The first-order valence-electron chi connectivity index (χ1n) is 6.29. The van der Waals surface area contributed by atoms with Crippen LogP contribution in [0.4, 0.5) is 5.69 Å². The van der Waals surface area contributed by atoms with Gasteiger partial charge in [-0.15, -0.1) is 0 Å². The minimum Gasteiger partial charge on any atom is -0.306 e. The molecule has 0 bridgehead atoms. The van der Waals surface area contributed by atoms with Crippen molar-refractivity contribution < 1.29 is 4.79 Å². The second-order valence-electron chi connectivity index (χ2n) is 4.48. The molecule has 1 aliphatic heterocycles. The van der Waals surface area contributed by atoms with Gasteiger partial charge >= 0.3 is 0 Å². The van der Waals surface area contributed by atoms with Crippen LogP contribution < -0.4 is 4.90 Å². The zero-order chi connectivity index (χ0) is 13.1. The van der Waals surface area contributed by atoms with E-state index in [-0.39, 0.29) is 11.8 Å². The molecule has 0 spiro atoms. The van der Waals surface area contributed by atoms with Gasteiger partial charge in [0.05, 0.1) is 17.8 Å². The molecule has 2 aromatic rings. The lowest BCUT2D eigenvalue weighted by Crippen LogP contribution is -2.37. The molecule has 0 saturated heterocycles. The number of pyridine rings is 1. The summed E-state index contributed by atoms with van der Waals surface area (Å²) in [6.45, 7) is 0.605. The van der Waals surface area contributed by atoms with E-state index >= 15 is 0 Å². The second kappa shape index (κ2) is 5.06. The van der Waals surface area contributed by atoms with Gasteiger partial charge < -0.3 is 4.90 Å². The van der Waals surface area contributed by atoms with Gasteiger partial charge in [-0.05, 0) is 17.7 Å². The first-order valence-corrected chi connectivity index (χ1v) is 6.29. The number of anilines is 1. The van der Waals surface area contributed by atoms with Gasteiger partial charge in [-0.2, -0.15) is 0 Å². The third kappa shape index (κ3) is 2.27. The molecule has 0 aliphatic carbocycles. The molecule has 0 fully saturated rings. The highest BCUT2D eigenvalue weighted by Gasteiger charge is 2.27. The Kier molecular flexibility index (Phi) is 3.11. The smallest absolute Gasteiger partial charge is 0.238 e. The average Bonchev–Trinajstić information content (AvgIpc) is 2.49. The second-order valence-corrected chi connectivity index (χ2v) is 4.48. The molecule has 3 rings (SSSR count). The molecule has 1 aliphatic rings. The van der Waals surface area contributed by atoms with Gasteiger partial charge in [0.15, 0.2) is 0 Å². The molecule has 3 nitrogen and oxygen atoms in total. The number of benzene rings is 1. The van der Waals surface area contributed by atoms with E-state index in [1.165, 1.54) is 0 Å². The van der Waals surface area contributed by atoms with E-state index < -0.39 is 0 Å². The summed E-state index contributed by atoms with van der Waals surface area (Å²) in [6.07, 6.45) is 7.44. The number of aromatic nitrogens is 1. The van der Waals surface area contributed by atoms with E-state index in [1.54, 1.807) is 17.3 Å². The zero-order valence-corrected chi connectivity index (χ0v) is 10.4. The van der Waals surface area contributed by atoms with Crippen LogP contribution in [-0.2, 0) is 4.79 Å².